The zero-order valence-corrected chi connectivity index (χ0v) is 29.8. The van der Waals surface area contributed by atoms with Crippen LogP contribution in [0, 0.1) is 0 Å². The number of aromatic nitrogens is 3. The number of fused-ring (bicyclic) bond motifs is 12. The summed E-state index contributed by atoms with van der Waals surface area (Å²) in [7, 11) is 0. The quantitative estimate of drug-likeness (QED) is 0.176. The molecule has 58 heavy (non-hydrogen) atoms. The standard InChI is InChI=1S/C54H33N3O/c1-2-13-34(14-3-1)35-25-30-52-44(31-35)54-50(23-12-24-53(54)58-52)57-48-22-11-6-17-40(48)42-28-26-37(33-51(42)57)56-47-21-10-7-18-41(47)43-32-36(27-29-49(43)56)55-45-19-8-4-15-38(45)39-16-5-9-20-46(39)55/h1-33H/i1D,2D,3D,4D,5D,7D,8D,9D,10D,13D,14D,15D,16D,18D,19D,20D,21D,27D,29D,32D. The molecule has 0 saturated heterocycles. The molecule has 270 valence electrons. The van der Waals surface area contributed by atoms with E-state index in [1.165, 1.54) is 4.57 Å². The molecule has 9 aromatic carbocycles. The van der Waals surface area contributed by atoms with Crippen LogP contribution in [0.25, 0.3) is 116 Å². The Kier molecular flexibility index (Phi) is 3.67. The normalized spacial score (nSPS) is 17.0. The summed E-state index contributed by atoms with van der Waals surface area (Å²) < 4.78 is 190. The maximum absolute atomic E-state index is 10.1. The Hall–Kier alpha value is -7.82. The van der Waals surface area contributed by atoms with Crippen LogP contribution < -0.4 is 0 Å². The van der Waals surface area contributed by atoms with E-state index in [-0.39, 0.29) is 55.9 Å². The zero-order chi connectivity index (χ0) is 55.3. The van der Waals surface area contributed by atoms with Gasteiger partial charge in [0.25, 0.3) is 0 Å². The lowest BCUT2D eigenvalue weighted by atomic mass is 10.0. The fourth-order valence-corrected chi connectivity index (χ4v) is 8.42. The Bertz CT molecular complexity index is 4890. The van der Waals surface area contributed by atoms with E-state index in [0.717, 1.165) is 15.3 Å². The van der Waals surface area contributed by atoms with Gasteiger partial charge in [0.1, 0.15) is 11.2 Å². The number of hydrogen-bond acceptors (Lipinski definition) is 1. The third-order valence-electron chi connectivity index (χ3n) is 10.8. The molecule has 0 aliphatic heterocycles. The van der Waals surface area contributed by atoms with Crippen LogP contribution in [0.2, 0.25) is 0 Å². The summed E-state index contributed by atoms with van der Waals surface area (Å²) in [4.78, 5) is 0. The molecule has 13 aromatic rings. The SMILES string of the molecule is [2H]c1c([2H])c([2H])c(-c2ccc3oc4cccc(-n5c6ccccc6c6ccc(-n7c8c([2H])c([2H])c([2H])c([2H])c8c8c([2H])c(-n9c%10c([2H])c([2H])c([2H])c([2H])c%10c%10c([2H])c([2H])c([2H])c([2H])c%109)c([2H])c([2H])c87)cc65)c4c3c2)c([2H])c1[2H]. The highest BCUT2D eigenvalue weighted by molar-refractivity contribution is 6.16. The van der Waals surface area contributed by atoms with Crippen LogP contribution in [0.3, 0.4) is 0 Å². The van der Waals surface area contributed by atoms with E-state index >= 15 is 0 Å². The van der Waals surface area contributed by atoms with Crippen LogP contribution in [0.4, 0.5) is 0 Å². The van der Waals surface area contributed by atoms with Crippen molar-refractivity contribution in [3.63, 3.8) is 0 Å². The van der Waals surface area contributed by atoms with E-state index in [1.807, 2.05) is 34.9 Å². The second kappa shape index (κ2) is 11.8. The molecule has 13 rings (SSSR count). The van der Waals surface area contributed by atoms with Crippen molar-refractivity contribution in [2.45, 2.75) is 0 Å². The molecule has 4 aromatic heterocycles. The van der Waals surface area contributed by atoms with Crippen LogP contribution in [-0.2, 0) is 0 Å². The molecule has 0 N–H and O–H groups in total. The van der Waals surface area contributed by atoms with Gasteiger partial charge in [-0.15, -0.1) is 0 Å². The van der Waals surface area contributed by atoms with Crippen molar-refractivity contribution in [1.82, 2.24) is 13.7 Å². The van der Waals surface area contributed by atoms with Gasteiger partial charge in [-0.25, -0.2) is 0 Å². The Morgan fingerprint density at radius 2 is 1.02 bits per heavy atom. The van der Waals surface area contributed by atoms with Gasteiger partial charge in [-0.1, -0.05) is 121 Å². The second-order valence-corrected chi connectivity index (χ2v) is 13.8. The maximum atomic E-state index is 10.1. The molecule has 0 amide bonds. The lowest BCUT2D eigenvalue weighted by Crippen LogP contribution is -1.98. The summed E-state index contributed by atoms with van der Waals surface area (Å²) in [6.07, 6.45) is 0. The molecule has 0 atom stereocenters. The Balaban J connectivity index is 1.15. The Labute approximate surface area is 360 Å². The van der Waals surface area contributed by atoms with Crippen LogP contribution in [0.5, 0.6) is 0 Å². The van der Waals surface area contributed by atoms with Gasteiger partial charge in [-0.05, 0) is 89.8 Å². The summed E-state index contributed by atoms with van der Waals surface area (Å²) in [5.41, 5.74) is 1.59. The molecule has 0 spiro atoms. The number of furan rings is 1. The van der Waals surface area contributed by atoms with E-state index in [2.05, 4.69) is 0 Å². The van der Waals surface area contributed by atoms with Crippen molar-refractivity contribution in [1.29, 1.82) is 0 Å². The summed E-state index contributed by atoms with van der Waals surface area (Å²) in [5.74, 6) is 0. The van der Waals surface area contributed by atoms with Gasteiger partial charge in [-0.2, -0.15) is 0 Å². The number of rotatable bonds is 4. The van der Waals surface area contributed by atoms with E-state index in [9.17, 15) is 6.85 Å². The number of benzene rings is 9. The first-order chi connectivity index (χ1) is 37.1. The van der Waals surface area contributed by atoms with Crippen molar-refractivity contribution in [2.75, 3.05) is 0 Å². The van der Waals surface area contributed by atoms with Crippen molar-refractivity contribution in [3.8, 4) is 28.2 Å². The van der Waals surface area contributed by atoms with E-state index in [4.69, 9.17) is 25.0 Å². The lowest BCUT2D eigenvalue weighted by molar-refractivity contribution is 0.669. The van der Waals surface area contributed by atoms with Gasteiger partial charge >= 0.3 is 0 Å². The fourth-order valence-electron chi connectivity index (χ4n) is 8.42. The van der Waals surface area contributed by atoms with Crippen molar-refractivity contribution < 1.29 is 31.8 Å². The van der Waals surface area contributed by atoms with Crippen LogP contribution in [-0.4, -0.2) is 13.7 Å². The smallest absolute Gasteiger partial charge is 0.137 e. The molecule has 4 heterocycles. The van der Waals surface area contributed by atoms with Crippen molar-refractivity contribution in [2.24, 2.45) is 0 Å². The van der Waals surface area contributed by atoms with Gasteiger partial charge in [-0.3, -0.25) is 0 Å². The first-order valence-electron chi connectivity index (χ1n) is 28.2. The third-order valence-corrected chi connectivity index (χ3v) is 10.8. The minimum Gasteiger partial charge on any atom is -0.456 e. The largest absolute Gasteiger partial charge is 0.456 e. The minimum atomic E-state index is -0.745. The van der Waals surface area contributed by atoms with Crippen molar-refractivity contribution >= 4 is 87.4 Å². The van der Waals surface area contributed by atoms with Crippen molar-refractivity contribution in [3.05, 3.63) is 200 Å². The van der Waals surface area contributed by atoms with E-state index in [0.29, 0.717) is 44.2 Å². The number of hydrogen-bond donors (Lipinski definition) is 0. The summed E-state index contributed by atoms with van der Waals surface area (Å²) >= 11 is 0. The van der Waals surface area contributed by atoms with Crippen LogP contribution in [0.15, 0.2) is 204 Å². The highest BCUT2D eigenvalue weighted by atomic mass is 16.3. The molecule has 0 bridgehead atoms. The molecule has 0 radical (unpaired) electrons. The zero-order valence-electron chi connectivity index (χ0n) is 49.8. The fraction of sp³-hybridized carbons (Fsp3) is 0. The van der Waals surface area contributed by atoms with Gasteiger partial charge < -0.3 is 18.1 Å². The van der Waals surface area contributed by atoms with Gasteiger partial charge in [0.05, 0.1) is 71.6 Å². The predicted molar refractivity (Wildman–Crippen MR) is 242 cm³/mol. The molecule has 4 nitrogen and oxygen atoms in total. The summed E-state index contributed by atoms with van der Waals surface area (Å²) in [6.45, 7) is 0. The van der Waals surface area contributed by atoms with E-state index in [1.54, 1.807) is 48.5 Å². The molecule has 0 fully saturated rings. The number of nitrogens with zero attached hydrogens (tertiary/aromatic N) is 3. The average molecular weight is 760 g/mol. The molecular weight excluding hydrogens is 707 g/mol. The average Bonchev–Trinajstić information content (AvgIpc) is 4.19. The van der Waals surface area contributed by atoms with E-state index < -0.39 is 125 Å². The maximum Gasteiger partial charge on any atom is 0.137 e. The summed E-state index contributed by atoms with van der Waals surface area (Å²) in [5, 5.41) is 1.53. The second-order valence-electron chi connectivity index (χ2n) is 13.8. The van der Waals surface area contributed by atoms with Gasteiger partial charge in [0.2, 0.25) is 0 Å². The predicted octanol–water partition coefficient (Wildman–Crippen LogP) is 14.5. The molecule has 0 aliphatic rings. The molecule has 0 saturated carbocycles. The molecule has 0 unspecified atom stereocenters. The topological polar surface area (TPSA) is 27.9 Å². The molecule has 0 aliphatic carbocycles. The summed E-state index contributed by atoms with van der Waals surface area (Å²) in [6, 6.07) is 10.9. The first-order valence-corrected chi connectivity index (χ1v) is 18.2. The third kappa shape index (κ3) is 4.34. The monoisotopic (exact) mass is 759 g/mol. The van der Waals surface area contributed by atoms with Gasteiger partial charge in [0, 0.05) is 49.1 Å². The van der Waals surface area contributed by atoms with Gasteiger partial charge in [0.15, 0.2) is 0 Å². The Morgan fingerprint density at radius 3 is 1.79 bits per heavy atom. The highest BCUT2D eigenvalue weighted by Crippen LogP contribution is 2.42. The lowest BCUT2D eigenvalue weighted by Gasteiger charge is -2.13. The number of para-hydroxylation sites is 4. The molecule has 4 heteroatoms. The van der Waals surface area contributed by atoms with Crippen LogP contribution in [0.1, 0.15) is 27.4 Å². The Morgan fingerprint density at radius 1 is 0.362 bits per heavy atom. The highest BCUT2D eigenvalue weighted by Gasteiger charge is 2.21. The first kappa shape index (κ1) is 18.0. The minimum absolute atomic E-state index is 0.00347. The van der Waals surface area contributed by atoms with Crippen LogP contribution >= 0.6 is 0 Å². The molecular formula is C54H33N3O.